The molecule has 0 aliphatic carbocycles. The lowest BCUT2D eigenvalue weighted by Crippen LogP contribution is -2.45. The number of aromatic nitrogens is 1. The summed E-state index contributed by atoms with van der Waals surface area (Å²) in [5, 5.41) is 6.50. The van der Waals surface area contributed by atoms with Crippen molar-refractivity contribution in [3.05, 3.63) is 47.0 Å². The Labute approximate surface area is 181 Å². The van der Waals surface area contributed by atoms with Crippen molar-refractivity contribution in [3.8, 4) is 0 Å². The molecule has 0 aliphatic rings. The molecule has 0 fully saturated rings. The zero-order valence-electron chi connectivity index (χ0n) is 17.8. The second kappa shape index (κ2) is 9.67. The van der Waals surface area contributed by atoms with Crippen LogP contribution >= 0.6 is 11.6 Å². The van der Waals surface area contributed by atoms with Crippen LogP contribution in [0.5, 0.6) is 0 Å². The molecule has 2 rings (SSSR count). The second-order valence-corrected chi connectivity index (χ2v) is 8.31. The molecule has 0 saturated heterocycles. The van der Waals surface area contributed by atoms with Gasteiger partial charge in [0.25, 0.3) is 0 Å². The Morgan fingerprint density at radius 2 is 1.83 bits per heavy atom. The number of anilines is 3. The molecule has 162 valence electrons. The lowest BCUT2D eigenvalue weighted by molar-refractivity contribution is -0.120. The summed E-state index contributed by atoms with van der Waals surface area (Å²) in [5.41, 5.74) is 6.79. The van der Waals surface area contributed by atoms with E-state index in [0.29, 0.717) is 28.9 Å². The Morgan fingerprint density at radius 1 is 1.20 bits per heavy atom. The summed E-state index contributed by atoms with van der Waals surface area (Å²) >= 11 is 5.90. The number of rotatable bonds is 6. The van der Waals surface area contributed by atoms with Crippen molar-refractivity contribution in [1.82, 2.24) is 9.88 Å². The van der Waals surface area contributed by atoms with Gasteiger partial charge < -0.3 is 21.1 Å². The SMILES string of the molecule is CC(C(=O)Nc1ccc(N)c(NCc2ccc(Cl)cc2)n1)N(C)C(=O)OC(C)(C)C. The van der Waals surface area contributed by atoms with Crippen LogP contribution in [0.25, 0.3) is 0 Å². The summed E-state index contributed by atoms with van der Waals surface area (Å²) in [6.45, 7) is 7.39. The van der Waals surface area contributed by atoms with Crippen LogP contribution in [0.2, 0.25) is 5.02 Å². The number of nitrogens with two attached hydrogens (primary N) is 1. The van der Waals surface area contributed by atoms with E-state index in [1.807, 2.05) is 12.1 Å². The van der Waals surface area contributed by atoms with Gasteiger partial charge in [0.15, 0.2) is 5.82 Å². The number of halogens is 1. The van der Waals surface area contributed by atoms with Crippen LogP contribution in [-0.2, 0) is 16.1 Å². The van der Waals surface area contributed by atoms with Crippen LogP contribution < -0.4 is 16.4 Å². The Balaban J connectivity index is 2.02. The summed E-state index contributed by atoms with van der Waals surface area (Å²) in [7, 11) is 1.51. The standard InChI is InChI=1S/C21H28ClN5O3/c1-13(27(5)20(29)30-21(2,3)4)19(28)26-17-11-10-16(23)18(25-17)24-12-14-6-8-15(22)9-7-14/h6-11,13H,12,23H2,1-5H3,(H2,24,25,26,28). The molecular formula is C21H28ClN5O3. The van der Waals surface area contributed by atoms with Crippen molar-refractivity contribution in [3.63, 3.8) is 0 Å². The second-order valence-electron chi connectivity index (χ2n) is 7.87. The van der Waals surface area contributed by atoms with Gasteiger partial charge in [0.1, 0.15) is 17.5 Å². The lowest BCUT2D eigenvalue weighted by Gasteiger charge is -2.28. The van der Waals surface area contributed by atoms with Crippen molar-refractivity contribution in [2.75, 3.05) is 23.4 Å². The van der Waals surface area contributed by atoms with E-state index in [0.717, 1.165) is 5.56 Å². The summed E-state index contributed by atoms with van der Waals surface area (Å²) in [6, 6.07) is 9.88. The minimum atomic E-state index is -0.760. The van der Waals surface area contributed by atoms with Crippen molar-refractivity contribution < 1.29 is 14.3 Å². The van der Waals surface area contributed by atoms with Gasteiger partial charge >= 0.3 is 6.09 Å². The first-order valence-electron chi connectivity index (χ1n) is 9.48. The summed E-state index contributed by atoms with van der Waals surface area (Å²) < 4.78 is 5.29. The number of nitrogens with zero attached hydrogens (tertiary/aromatic N) is 2. The highest BCUT2D eigenvalue weighted by Gasteiger charge is 2.27. The molecule has 0 saturated carbocycles. The number of likely N-dealkylation sites (N-methyl/N-ethyl adjacent to an activating group) is 1. The first kappa shape index (κ1) is 23.3. The summed E-state index contributed by atoms with van der Waals surface area (Å²) in [5.74, 6) is 0.359. The van der Waals surface area contributed by atoms with Gasteiger partial charge in [-0.3, -0.25) is 9.69 Å². The number of hydrogen-bond acceptors (Lipinski definition) is 6. The molecule has 30 heavy (non-hydrogen) atoms. The van der Waals surface area contributed by atoms with E-state index < -0.39 is 23.6 Å². The Hall–Kier alpha value is -3.00. The number of ether oxygens (including phenoxy) is 1. The minimum absolute atomic E-state index is 0.317. The molecule has 2 amide bonds. The monoisotopic (exact) mass is 433 g/mol. The number of nitrogens with one attached hydrogen (secondary N) is 2. The van der Waals surface area contributed by atoms with E-state index in [1.165, 1.54) is 11.9 Å². The van der Waals surface area contributed by atoms with Crippen molar-refractivity contribution in [2.24, 2.45) is 0 Å². The molecule has 1 atom stereocenters. The maximum absolute atomic E-state index is 12.6. The van der Waals surface area contributed by atoms with Crippen molar-refractivity contribution in [2.45, 2.75) is 45.9 Å². The van der Waals surface area contributed by atoms with Gasteiger partial charge in [0.05, 0.1) is 5.69 Å². The molecule has 0 radical (unpaired) electrons. The number of nitrogen functional groups attached to an aromatic ring is 1. The third-order valence-corrected chi connectivity index (χ3v) is 4.44. The van der Waals surface area contributed by atoms with Crippen LogP contribution in [0.15, 0.2) is 36.4 Å². The number of carbonyl (C=O) groups excluding carboxylic acids is 2. The van der Waals surface area contributed by atoms with Crippen molar-refractivity contribution >= 4 is 40.9 Å². The number of benzene rings is 1. The smallest absolute Gasteiger partial charge is 0.410 e. The fraction of sp³-hybridized carbons (Fsp3) is 0.381. The predicted molar refractivity (Wildman–Crippen MR) is 120 cm³/mol. The maximum Gasteiger partial charge on any atom is 0.410 e. The zero-order chi connectivity index (χ0) is 22.5. The largest absolute Gasteiger partial charge is 0.444 e. The molecule has 1 aromatic heterocycles. The van der Waals surface area contributed by atoms with Crippen LogP contribution in [0.3, 0.4) is 0 Å². The molecule has 0 aliphatic heterocycles. The third kappa shape index (κ3) is 6.81. The highest BCUT2D eigenvalue weighted by Crippen LogP contribution is 2.20. The van der Waals surface area contributed by atoms with Crippen molar-refractivity contribution in [1.29, 1.82) is 0 Å². The highest BCUT2D eigenvalue weighted by molar-refractivity contribution is 6.30. The molecule has 0 bridgehead atoms. The van der Waals surface area contributed by atoms with Crippen LogP contribution in [0, 0.1) is 0 Å². The molecule has 1 unspecified atom stereocenters. The van der Waals surface area contributed by atoms with Gasteiger partial charge in [-0.2, -0.15) is 0 Å². The molecule has 0 spiro atoms. The number of amides is 2. The molecule has 9 heteroatoms. The average Bonchev–Trinajstić information content (AvgIpc) is 2.67. The lowest BCUT2D eigenvalue weighted by atomic mass is 10.2. The Kier molecular flexibility index (Phi) is 7.50. The fourth-order valence-corrected chi connectivity index (χ4v) is 2.49. The molecular weight excluding hydrogens is 406 g/mol. The topological polar surface area (TPSA) is 110 Å². The Bertz CT molecular complexity index is 897. The molecule has 2 aromatic rings. The predicted octanol–water partition coefficient (Wildman–Crippen LogP) is 4.12. The normalized spacial score (nSPS) is 12.1. The van der Waals surface area contributed by atoms with Gasteiger partial charge in [0, 0.05) is 18.6 Å². The first-order valence-corrected chi connectivity index (χ1v) is 9.85. The minimum Gasteiger partial charge on any atom is -0.444 e. The number of hydrogen-bond donors (Lipinski definition) is 3. The van der Waals surface area contributed by atoms with E-state index in [1.54, 1.807) is 52.0 Å². The summed E-state index contributed by atoms with van der Waals surface area (Å²) in [4.78, 5) is 30.3. The zero-order valence-corrected chi connectivity index (χ0v) is 18.6. The molecule has 1 aromatic carbocycles. The number of carbonyl (C=O) groups is 2. The molecule has 4 N–H and O–H groups in total. The third-order valence-electron chi connectivity index (χ3n) is 4.19. The van der Waals surface area contributed by atoms with Gasteiger partial charge in [0.2, 0.25) is 5.91 Å². The van der Waals surface area contributed by atoms with E-state index in [2.05, 4.69) is 15.6 Å². The van der Waals surface area contributed by atoms with Crippen LogP contribution in [0.4, 0.5) is 22.1 Å². The van der Waals surface area contributed by atoms with Crippen LogP contribution in [-0.4, -0.2) is 40.6 Å². The maximum atomic E-state index is 12.6. The number of pyridine rings is 1. The quantitative estimate of drug-likeness (QED) is 0.632. The van der Waals surface area contributed by atoms with Gasteiger partial charge in [-0.05, 0) is 57.5 Å². The van der Waals surface area contributed by atoms with E-state index in [-0.39, 0.29) is 0 Å². The molecule has 1 heterocycles. The first-order chi connectivity index (χ1) is 14.0. The average molecular weight is 434 g/mol. The fourth-order valence-electron chi connectivity index (χ4n) is 2.37. The summed E-state index contributed by atoms with van der Waals surface area (Å²) in [6.07, 6.45) is -0.583. The van der Waals surface area contributed by atoms with E-state index in [9.17, 15) is 9.59 Å². The van der Waals surface area contributed by atoms with E-state index in [4.69, 9.17) is 22.1 Å². The van der Waals surface area contributed by atoms with Gasteiger partial charge in [-0.25, -0.2) is 9.78 Å². The van der Waals surface area contributed by atoms with Gasteiger partial charge in [-0.1, -0.05) is 23.7 Å². The van der Waals surface area contributed by atoms with Crippen LogP contribution in [0.1, 0.15) is 33.3 Å². The highest BCUT2D eigenvalue weighted by atomic mass is 35.5. The van der Waals surface area contributed by atoms with E-state index >= 15 is 0 Å². The molecule has 8 nitrogen and oxygen atoms in total. The Morgan fingerprint density at radius 3 is 2.43 bits per heavy atom. The van der Waals surface area contributed by atoms with Gasteiger partial charge in [-0.15, -0.1) is 0 Å².